The number of aromatic hydroxyl groups is 1. The van der Waals surface area contributed by atoms with Crippen LogP contribution in [-0.2, 0) is 6.61 Å². The number of para-hydroxylation sites is 1. The van der Waals surface area contributed by atoms with Crippen molar-refractivity contribution in [1.29, 1.82) is 0 Å². The van der Waals surface area contributed by atoms with Gasteiger partial charge in [0, 0.05) is 14.1 Å². The maximum absolute atomic E-state index is 12.5. The van der Waals surface area contributed by atoms with Gasteiger partial charge in [-0.15, -0.1) is 0 Å². The molecule has 4 aromatic carbocycles. The molecule has 8 heteroatoms. The number of rotatable bonds is 10. The standard InChI is InChI=1S/C29H29N3O5/c1-4-22(19-12-8-13-20(16-19)37-17-18-10-6-5-7-11-18)30-24-25(28(35)27(24)34)31-23-15-9-14-21(26(23)33)29(36)32(2)3/h5-16,22,30-31,33H,4,17H2,1-3H3. The molecule has 0 fully saturated rings. The van der Waals surface area contributed by atoms with E-state index in [1.54, 1.807) is 20.2 Å². The van der Waals surface area contributed by atoms with Crippen LogP contribution in [0.4, 0.5) is 17.1 Å². The van der Waals surface area contributed by atoms with Gasteiger partial charge in [-0.05, 0) is 41.8 Å². The number of hydrogen-bond donors (Lipinski definition) is 3. The predicted molar refractivity (Wildman–Crippen MR) is 145 cm³/mol. The maximum atomic E-state index is 12.5. The molecule has 0 aliphatic carbocycles. The Balaban J connectivity index is 1.53. The van der Waals surface area contributed by atoms with Crippen molar-refractivity contribution in [3.05, 3.63) is 110 Å². The highest BCUT2D eigenvalue weighted by Gasteiger charge is 2.25. The summed E-state index contributed by atoms with van der Waals surface area (Å²) in [4.78, 5) is 38.6. The average Bonchev–Trinajstić information content (AvgIpc) is 2.92. The van der Waals surface area contributed by atoms with Gasteiger partial charge in [-0.3, -0.25) is 14.4 Å². The highest BCUT2D eigenvalue weighted by atomic mass is 16.5. The molecular weight excluding hydrogens is 470 g/mol. The fourth-order valence-corrected chi connectivity index (χ4v) is 4.00. The largest absolute Gasteiger partial charge is 0.505 e. The molecule has 0 aromatic heterocycles. The van der Waals surface area contributed by atoms with E-state index in [1.807, 2.05) is 61.5 Å². The zero-order valence-electron chi connectivity index (χ0n) is 20.9. The van der Waals surface area contributed by atoms with Gasteiger partial charge in [0.1, 0.15) is 23.7 Å². The Kier molecular flexibility index (Phi) is 7.57. The SMILES string of the molecule is CCC(Nc1c(Nc2cccc(C(=O)N(C)C)c2O)c(=O)c1=O)c1cccc(OCc2ccccc2)c1. The van der Waals surface area contributed by atoms with E-state index < -0.39 is 10.9 Å². The molecule has 1 unspecified atom stereocenters. The van der Waals surface area contributed by atoms with E-state index in [-0.39, 0.29) is 40.3 Å². The first-order chi connectivity index (χ1) is 17.8. The van der Waals surface area contributed by atoms with E-state index in [9.17, 15) is 19.5 Å². The van der Waals surface area contributed by atoms with Crippen molar-refractivity contribution in [2.75, 3.05) is 24.7 Å². The van der Waals surface area contributed by atoms with Crippen molar-refractivity contribution in [2.24, 2.45) is 0 Å². The van der Waals surface area contributed by atoms with Gasteiger partial charge in [-0.2, -0.15) is 0 Å². The van der Waals surface area contributed by atoms with Gasteiger partial charge in [0.15, 0.2) is 5.75 Å². The summed E-state index contributed by atoms with van der Waals surface area (Å²) in [6, 6.07) is 21.8. The number of nitrogens with zero attached hydrogens (tertiary/aromatic N) is 1. The molecule has 190 valence electrons. The zero-order chi connectivity index (χ0) is 26.5. The molecule has 4 aromatic rings. The number of carbonyl (C=O) groups is 1. The van der Waals surface area contributed by atoms with Crippen LogP contribution in [0.2, 0.25) is 0 Å². The molecule has 0 aliphatic rings. The fourth-order valence-electron chi connectivity index (χ4n) is 4.00. The monoisotopic (exact) mass is 499 g/mol. The normalized spacial score (nSPS) is 11.6. The summed E-state index contributed by atoms with van der Waals surface area (Å²) >= 11 is 0. The summed E-state index contributed by atoms with van der Waals surface area (Å²) in [5.41, 5.74) is 1.04. The molecule has 8 nitrogen and oxygen atoms in total. The van der Waals surface area contributed by atoms with Crippen molar-refractivity contribution >= 4 is 23.0 Å². The molecular formula is C29H29N3O5. The van der Waals surface area contributed by atoms with Gasteiger partial charge in [-0.1, -0.05) is 55.5 Å². The average molecular weight is 500 g/mol. The maximum Gasteiger partial charge on any atom is 0.257 e. The van der Waals surface area contributed by atoms with Crippen molar-refractivity contribution in [1.82, 2.24) is 4.90 Å². The lowest BCUT2D eigenvalue weighted by Gasteiger charge is -2.23. The van der Waals surface area contributed by atoms with Crippen LogP contribution in [0.15, 0.2) is 82.4 Å². The molecule has 0 bridgehead atoms. The number of benzene rings is 3. The number of amides is 1. The van der Waals surface area contributed by atoms with E-state index in [1.165, 1.54) is 17.0 Å². The van der Waals surface area contributed by atoms with Gasteiger partial charge in [0.05, 0.1) is 17.3 Å². The Morgan fingerprint density at radius 2 is 1.65 bits per heavy atom. The van der Waals surface area contributed by atoms with Crippen LogP contribution in [0, 0.1) is 0 Å². The number of phenols is 1. The second-order valence-electron chi connectivity index (χ2n) is 8.89. The Hall–Kier alpha value is -4.59. The minimum Gasteiger partial charge on any atom is -0.505 e. The zero-order valence-corrected chi connectivity index (χ0v) is 20.9. The predicted octanol–water partition coefficient (Wildman–Crippen LogP) is 4.58. The third-order valence-corrected chi connectivity index (χ3v) is 6.08. The van der Waals surface area contributed by atoms with Crippen molar-refractivity contribution in [3.63, 3.8) is 0 Å². The van der Waals surface area contributed by atoms with E-state index in [0.717, 1.165) is 11.1 Å². The Morgan fingerprint density at radius 1 is 0.946 bits per heavy atom. The first-order valence-corrected chi connectivity index (χ1v) is 12.0. The first kappa shape index (κ1) is 25.5. The Labute approximate surface area is 214 Å². The highest BCUT2D eigenvalue weighted by Crippen LogP contribution is 2.33. The molecule has 0 aliphatic heterocycles. The summed E-state index contributed by atoms with van der Waals surface area (Å²) < 4.78 is 5.94. The van der Waals surface area contributed by atoms with Crippen molar-refractivity contribution < 1.29 is 14.6 Å². The van der Waals surface area contributed by atoms with Crippen LogP contribution >= 0.6 is 0 Å². The minimum absolute atomic E-state index is 0.0460. The molecule has 1 atom stereocenters. The summed E-state index contributed by atoms with van der Waals surface area (Å²) in [7, 11) is 3.15. The van der Waals surface area contributed by atoms with Gasteiger partial charge in [-0.25, -0.2) is 0 Å². The molecule has 1 amide bonds. The first-order valence-electron chi connectivity index (χ1n) is 12.0. The molecule has 0 saturated carbocycles. The van der Waals surface area contributed by atoms with E-state index in [2.05, 4.69) is 10.6 Å². The number of hydrogen-bond acceptors (Lipinski definition) is 7. The molecule has 0 radical (unpaired) electrons. The van der Waals surface area contributed by atoms with Crippen LogP contribution in [-0.4, -0.2) is 30.0 Å². The number of nitrogens with one attached hydrogen (secondary N) is 2. The van der Waals surface area contributed by atoms with Crippen LogP contribution < -0.4 is 26.2 Å². The highest BCUT2D eigenvalue weighted by molar-refractivity contribution is 5.99. The summed E-state index contributed by atoms with van der Waals surface area (Å²) in [5, 5.41) is 16.6. The summed E-state index contributed by atoms with van der Waals surface area (Å²) in [6.07, 6.45) is 0.637. The lowest BCUT2D eigenvalue weighted by molar-refractivity contribution is 0.0824. The Morgan fingerprint density at radius 3 is 2.35 bits per heavy atom. The number of ether oxygens (including phenoxy) is 1. The lowest BCUT2D eigenvalue weighted by atomic mass is 10.0. The van der Waals surface area contributed by atoms with Crippen molar-refractivity contribution in [3.8, 4) is 11.5 Å². The molecule has 0 heterocycles. The quantitative estimate of drug-likeness (QED) is 0.217. The lowest BCUT2D eigenvalue weighted by Crippen LogP contribution is -2.37. The molecule has 3 N–H and O–H groups in total. The number of anilines is 3. The van der Waals surface area contributed by atoms with E-state index in [0.29, 0.717) is 18.8 Å². The fraction of sp³-hybridized carbons (Fsp3) is 0.207. The number of phenolic OH excluding ortho intramolecular Hbond substituents is 1. The van der Waals surface area contributed by atoms with Gasteiger partial charge >= 0.3 is 0 Å². The van der Waals surface area contributed by atoms with Gasteiger partial charge < -0.3 is 25.4 Å². The summed E-state index contributed by atoms with van der Waals surface area (Å²) in [5.74, 6) is 0.0117. The smallest absolute Gasteiger partial charge is 0.257 e. The van der Waals surface area contributed by atoms with Crippen LogP contribution in [0.3, 0.4) is 0 Å². The Bertz CT molecular complexity index is 1470. The second kappa shape index (κ2) is 11.0. The van der Waals surface area contributed by atoms with Gasteiger partial charge in [0.25, 0.3) is 16.8 Å². The van der Waals surface area contributed by atoms with E-state index in [4.69, 9.17) is 4.74 Å². The van der Waals surface area contributed by atoms with Gasteiger partial charge in [0.2, 0.25) is 0 Å². The molecule has 4 rings (SSSR count). The topological polar surface area (TPSA) is 108 Å². The molecule has 0 saturated heterocycles. The van der Waals surface area contributed by atoms with Crippen LogP contribution in [0.1, 0.15) is 40.9 Å². The van der Waals surface area contributed by atoms with Crippen LogP contribution in [0.5, 0.6) is 11.5 Å². The minimum atomic E-state index is -0.693. The molecule has 37 heavy (non-hydrogen) atoms. The van der Waals surface area contributed by atoms with E-state index >= 15 is 0 Å². The molecule has 0 spiro atoms. The second-order valence-corrected chi connectivity index (χ2v) is 8.89. The third-order valence-electron chi connectivity index (χ3n) is 6.08. The van der Waals surface area contributed by atoms with Crippen LogP contribution in [0.25, 0.3) is 0 Å². The third kappa shape index (κ3) is 5.48. The number of carbonyl (C=O) groups excluding carboxylic acids is 1. The summed E-state index contributed by atoms with van der Waals surface area (Å²) in [6.45, 7) is 2.40. The van der Waals surface area contributed by atoms with Crippen molar-refractivity contribution in [2.45, 2.75) is 26.0 Å².